The standard InChI is InChI=1S/C20H23N5O2/c1-12-15-11-16(14-9-6-10-22-18(14)27-3)19(26)25(13-7-4-5-8-13)17(15)24-20(21-2)23-12/h6,9-11,13H,4-5,7-8H2,1-3H3,(H,21,23,24). The van der Waals surface area contributed by atoms with Crippen LogP contribution < -0.4 is 15.6 Å². The van der Waals surface area contributed by atoms with Crippen LogP contribution in [0.3, 0.4) is 0 Å². The van der Waals surface area contributed by atoms with Gasteiger partial charge in [0.05, 0.1) is 18.4 Å². The molecule has 3 aromatic rings. The largest absolute Gasteiger partial charge is 0.481 e. The second-order valence-corrected chi connectivity index (χ2v) is 6.85. The van der Waals surface area contributed by atoms with Gasteiger partial charge < -0.3 is 10.1 Å². The molecule has 7 heteroatoms. The highest BCUT2D eigenvalue weighted by Gasteiger charge is 2.25. The lowest BCUT2D eigenvalue weighted by molar-refractivity contribution is 0.399. The number of hydrogen-bond acceptors (Lipinski definition) is 6. The molecule has 1 N–H and O–H groups in total. The molecule has 0 radical (unpaired) electrons. The third-order valence-corrected chi connectivity index (χ3v) is 5.25. The topological polar surface area (TPSA) is 81.9 Å². The van der Waals surface area contributed by atoms with E-state index in [1.54, 1.807) is 20.4 Å². The van der Waals surface area contributed by atoms with E-state index in [0.717, 1.165) is 36.8 Å². The molecule has 0 atom stereocenters. The third-order valence-electron chi connectivity index (χ3n) is 5.25. The van der Waals surface area contributed by atoms with Crippen LogP contribution in [0.5, 0.6) is 5.88 Å². The van der Waals surface area contributed by atoms with Gasteiger partial charge in [-0.15, -0.1) is 0 Å². The minimum atomic E-state index is -0.0548. The van der Waals surface area contributed by atoms with Crippen molar-refractivity contribution in [2.24, 2.45) is 0 Å². The van der Waals surface area contributed by atoms with Gasteiger partial charge in [0.1, 0.15) is 5.65 Å². The summed E-state index contributed by atoms with van der Waals surface area (Å²) in [7, 11) is 3.35. The molecule has 3 heterocycles. The summed E-state index contributed by atoms with van der Waals surface area (Å²) < 4.78 is 7.26. The number of hydrogen-bond donors (Lipinski definition) is 1. The molecule has 140 valence electrons. The summed E-state index contributed by atoms with van der Waals surface area (Å²) in [5.41, 5.74) is 2.73. The SMILES string of the molecule is CNc1nc(C)c2cc(-c3cccnc3OC)c(=O)n(C3CCCC3)c2n1. The van der Waals surface area contributed by atoms with Gasteiger partial charge in [-0.05, 0) is 38.0 Å². The van der Waals surface area contributed by atoms with Crippen molar-refractivity contribution in [3.05, 3.63) is 40.4 Å². The Kier molecular flexibility index (Phi) is 4.51. The lowest BCUT2D eigenvalue weighted by atomic mass is 10.1. The Labute approximate surface area is 157 Å². The van der Waals surface area contributed by atoms with Crippen LogP contribution in [0, 0.1) is 6.92 Å². The van der Waals surface area contributed by atoms with Gasteiger partial charge in [-0.1, -0.05) is 12.8 Å². The fourth-order valence-corrected chi connectivity index (χ4v) is 3.92. The lowest BCUT2D eigenvalue weighted by Crippen LogP contribution is -2.26. The van der Waals surface area contributed by atoms with Gasteiger partial charge in [0.2, 0.25) is 11.8 Å². The zero-order valence-corrected chi connectivity index (χ0v) is 15.8. The highest BCUT2D eigenvalue weighted by molar-refractivity contribution is 5.85. The van der Waals surface area contributed by atoms with Crippen LogP contribution in [-0.2, 0) is 0 Å². The van der Waals surface area contributed by atoms with E-state index in [-0.39, 0.29) is 11.6 Å². The first-order valence-corrected chi connectivity index (χ1v) is 9.25. The van der Waals surface area contributed by atoms with Gasteiger partial charge in [0, 0.05) is 30.2 Å². The minimum Gasteiger partial charge on any atom is -0.481 e. The second kappa shape index (κ2) is 6.98. The number of nitrogens with zero attached hydrogens (tertiary/aromatic N) is 4. The number of anilines is 1. The van der Waals surface area contributed by atoms with Crippen LogP contribution in [0.15, 0.2) is 29.2 Å². The summed E-state index contributed by atoms with van der Waals surface area (Å²) in [6.45, 7) is 1.94. The summed E-state index contributed by atoms with van der Waals surface area (Å²) in [5, 5.41) is 3.87. The molecule has 0 saturated heterocycles. The average molecular weight is 365 g/mol. The predicted molar refractivity (Wildman–Crippen MR) is 105 cm³/mol. The Morgan fingerprint density at radius 1 is 1.22 bits per heavy atom. The van der Waals surface area contributed by atoms with Gasteiger partial charge in [0.15, 0.2) is 0 Å². The number of methoxy groups -OCH3 is 1. The Bertz CT molecular complexity index is 1050. The molecule has 7 nitrogen and oxygen atoms in total. The monoisotopic (exact) mass is 365 g/mol. The average Bonchev–Trinajstić information content (AvgIpc) is 3.21. The molecule has 0 aromatic carbocycles. The maximum absolute atomic E-state index is 13.5. The first-order valence-electron chi connectivity index (χ1n) is 9.25. The van der Waals surface area contributed by atoms with Crippen molar-refractivity contribution in [2.45, 2.75) is 38.6 Å². The zero-order valence-electron chi connectivity index (χ0n) is 15.8. The van der Waals surface area contributed by atoms with Crippen molar-refractivity contribution in [3.63, 3.8) is 0 Å². The van der Waals surface area contributed by atoms with Crippen LogP contribution in [0.4, 0.5) is 5.95 Å². The van der Waals surface area contributed by atoms with Crippen molar-refractivity contribution in [3.8, 4) is 17.0 Å². The summed E-state index contributed by atoms with van der Waals surface area (Å²) in [4.78, 5) is 26.9. The van der Waals surface area contributed by atoms with Crippen molar-refractivity contribution in [1.29, 1.82) is 0 Å². The highest BCUT2D eigenvalue weighted by atomic mass is 16.5. The number of aryl methyl sites for hydroxylation is 1. The van der Waals surface area contributed by atoms with E-state index in [2.05, 4.69) is 20.3 Å². The predicted octanol–water partition coefficient (Wildman–Crippen LogP) is 3.33. The molecule has 1 saturated carbocycles. The van der Waals surface area contributed by atoms with E-state index in [4.69, 9.17) is 4.74 Å². The molecule has 1 aliphatic rings. The van der Waals surface area contributed by atoms with Gasteiger partial charge in [0.25, 0.3) is 5.56 Å². The molecule has 4 rings (SSSR count). The second-order valence-electron chi connectivity index (χ2n) is 6.85. The highest BCUT2D eigenvalue weighted by Crippen LogP contribution is 2.34. The molecule has 27 heavy (non-hydrogen) atoms. The van der Waals surface area contributed by atoms with Crippen LogP contribution in [-0.4, -0.2) is 33.7 Å². The molecular weight excluding hydrogens is 342 g/mol. The van der Waals surface area contributed by atoms with Gasteiger partial charge >= 0.3 is 0 Å². The van der Waals surface area contributed by atoms with Crippen LogP contribution >= 0.6 is 0 Å². The van der Waals surface area contributed by atoms with Gasteiger partial charge in [-0.25, -0.2) is 9.97 Å². The summed E-state index contributed by atoms with van der Waals surface area (Å²) in [6, 6.07) is 5.71. The molecule has 0 aliphatic heterocycles. The van der Waals surface area contributed by atoms with E-state index in [0.29, 0.717) is 28.6 Å². The summed E-state index contributed by atoms with van der Waals surface area (Å²) in [6.07, 6.45) is 5.89. The number of fused-ring (bicyclic) bond motifs is 1. The third kappa shape index (κ3) is 2.93. The fraction of sp³-hybridized carbons (Fsp3) is 0.400. The number of pyridine rings is 2. The Balaban J connectivity index is 2.08. The van der Waals surface area contributed by atoms with Gasteiger partial charge in [-0.3, -0.25) is 9.36 Å². The Morgan fingerprint density at radius 2 is 2.00 bits per heavy atom. The molecule has 0 unspecified atom stereocenters. The maximum atomic E-state index is 13.5. The Hall–Kier alpha value is -2.96. The van der Waals surface area contributed by atoms with Gasteiger partial charge in [-0.2, -0.15) is 4.98 Å². The van der Waals surface area contributed by atoms with E-state index >= 15 is 0 Å². The van der Waals surface area contributed by atoms with Crippen molar-refractivity contribution < 1.29 is 4.74 Å². The molecule has 0 spiro atoms. The Morgan fingerprint density at radius 3 is 2.70 bits per heavy atom. The van der Waals surface area contributed by atoms with Crippen LogP contribution in [0.2, 0.25) is 0 Å². The van der Waals surface area contributed by atoms with Crippen LogP contribution in [0.1, 0.15) is 37.4 Å². The van der Waals surface area contributed by atoms with Crippen molar-refractivity contribution >= 4 is 17.0 Å². The molecule has 3 aromatic heterocycles. The molecular formula is C20H23N5O2. The quantitative estimate of drug-likeness (QED) is 0.764. The van der Waals surface area contributed by atoms with E-state index < -0.39 is 0 Å². The fourth-order valence-electron chi connectivity index (χ4n) is 3.92. The first-order chi connectivity index (χ1) is 13.1. The maximum Gasteiger partial charge on any atom is 0.260 e. The molecule has 1 fully saturated rings. The summed E-state index contributed by atoms with van der Waals surface area (Å²) in [5.74, 6) is 0.968. The number of rotatable bonds is 4. The molecule has 0 amide bonds. The normalized spacial score (nSPS) is 14.6. The molecule has 0 bridgehead atoms. The molecule has 1 aliphatic carbocycles. The number of ether oxygens (including phenoxy) is 1. The van der Waals surface area contributed by atoms with Crippen LogP contribution in [0.25, 0.3) is 22.2 Å². The van der Waals surface area contributed by atoms with E-state index in [1.165, 1.54) is 0 Å². The summed E-state index contributed by atoms with van der Waals surface area (Å²) >= 11 is 0. The van der Waals surface area contributed by atoms with E-state index in [9.17, 15) is 4.79 Å². The number of aromatic nitrogens is 4. The zero-order chi connectivity index (χ0) is 19.0. The smallest absolute Gasteiger partial charge is 0.260 e. The van der Waals surface area contributed by atoms with Crippen molar-refractivity contribution in [1.82, 2.24) is 19.5 Å². The lowest BCUT2D eigenvalue weighted by Gasteiger charge is -2.19. The number of nitrogens with one attached hydrogen (secondary N) is 1. The first kappa shape index (κ1) is 17.5. The van der Waals surface area contributed by atoms with E-state index in [1.807, 2.05) is 29.7 Å². The van der Waals surface area contributed by atoms with Crippen molar-refractivity contribution in [2.75, 3.05) is 19.5 Å². The minimum absolute atomic E-state index is 0.0548.